The fraction of sp³-hybridized carbons (Fsp3) is 0.400. The molecule has 0 saturated heterocycles. The lowest BCUT2D eigenvalue weighted by Gasteiger charge is -2.38. The van der Waals surface area contributed by atoms with Crippen LogP contribution in [0.3, 0.4) is 0 Å². The highest BCUT2D eigenvalue weighted by Gasteiger charge is 2.80. The third-order valence-electron chi connectivity index (χ3n) is 5.21. The van der Waals surface area contributed by atoms with Crippen molar-refractivity contribution in [1.82, 2.24) is 24.7 Å². The van der Waals surface area contributed by atoms with Crippen molar-refractivity contribution in [2.75, 3.05) is 0 Å². The van der Waals surface area contributed by atoms with Crippen LogP contribution in [0.25, 0.3) is 22.3 Å². The van der Waals surface area contributed by atoms with Gasteiger partial charge in [0.15, 0.2) is 5.79 Å². The molecule has 4 rings (SSSR count). The number of hydrogen-bond donors (Lipinski definition) is 8. The van der Waals surface area contributed by atoms with Crippen LogP contribution in [-0.4, -0.2) is 91.2 Å². The van der Waals surface area contributed by atoms with Crippen LogP contribution >= 0.6 is 0 Å². The van der Waals surface area contributed by atoms with Crippen molar-refractivity contribution in [3.63, 3.8) is 0 Å². The monoisotopic (exact) mass is 389 g/mol. The van der Waals surface area contributed by atoms with Gasteiger partial charge in [0.2, 0.25) is 11.6 Å². The van der Waals surface area contributed by atoms with Crippen LogP contribution in [0.1, 0.15) is 0 Å². The van der Waals surface area contributed by atoms with Gasteiger partial charge < -0.3 is 40.7 Å². The van der Waals surface area contributed by atoms with Crippen LogP contribution in [0.4, 0.5) is 0 Å². The third-order valence-corrected chi connectivity index (χ3v) is 5.21. The fourth-order valence-electron chi connectivity index (χ4n) is 3.46. The molecule has 0 amide bonds. The number of nitrogens with zero attached hydrogens (tertiary/aromatic N) is 4. The van der Waals surface area contributed by atoms with Crippen molar-refractivity contribution in [2.45, 2.75) is 29.4 Å². The van der Waals surface area contributed by atoms with Crippen molar-refractivity contribution in [2.24, 2.45) is 5.92 Å². The molecule has 3 aromatic rings. The molecule has 1 aliphatic carbocycles. The Morgan fingerprint density at radius 2 is 1.79 bits per heavy atom. The number of aromatic nitrogens is 5. The Morgan fingerprint density at radius 1 is 1.07 bits per heavy atom. The minimum Gasteiger partial charge on any atom is -0.389 e. The fourth-order valence-corrected chi connectivity index (χ4v) is 3.46. The van der Waals surface area contributed by atoms with E-state index in [0.717, 1.165) is 4.68 Å². The predicted octanol–water partition coefficient (Wildman–Crippen LogP) is -3.65. The van der Waals surface area contributed by atoms with E-state index in [1.54, 1.807) is 12.3 Å². The van der Waals surface area contributed by atoms with Gasteiger partial charge in [-0.2, -0.15) is 5.10 Å². The van der Waals surface area contributed by atoms with Crippen molar-refractivity contribution in [3.8, 4) is 11.3 Å². The molecule has 12 nitrogen and oxygen atoms in total. The van der Waals surface area contributed by atoms with Gasteiger partial charge >= 0.3 is 0 Å². The molecule has 146 valence electrons. The van der Waals surface area contributed by atoms with Gasteiger partial charge in [-0.15, -0.1) is 0 Å². The lowest BCUT2D eigenvalue weighted by Crippen LogP contribution is -2.67. The van der Waals surface area contributed by atoms with Gasteiger partial charge in [-0.3, -0.25) is 4.68 Å². The molecule has 0 aromatic carbocycles. The number of hydrogen-bond acceptors (Lipinski definition) is 10. The minimum atomic E-state index is -3.84. The molecule has 2 radical (unpaired) electrons. The Labute approximate surface area is 157 Å². The zero-order valence-electron chi connectivity index (χ0n) is 14.2. The highest BCUT2D eigenvalue weighted by molar-refractivity contribution is 6.16. The van der Waals surface area contributed by atoms with E-state index in [1.165, 1.54) is 18.7 Å². The van der Waals surface area contributed by atoms with Gasteiger partial charge in [0, 0.05) is 23.3 Å². The summed E-state index contributed by atoms with van der Waals surface area (Å²) < 4.78 is 1.08. The van der Waals surface area contributed by atoms with Gasteiger partial charge in [-0.25, -0.2) is 9.97 Å². The zero-order valence-corrected chi connectivity index (χ0v) is 14.2. The first kappa shape index (κ1) is 19.0. The summed E-state index contributed by atoms with van der Waals surface area (Å²) in [5.74, 6) is -13.0. The molecule has 1 fully saturated rings. The molecule has 0 bridgehead atoms. The van der Waals surface area contributed by atoms with Crippen LogP contribution in [-0.2, 0) is 6.54 Å². The molecule has 0 aliphatic heterocycles. The van der Waals surface area contributed by atoms with Crippen LogP contribution in [0.15, 0.2) is 31.0 Å². The lowest BCUT2D eigenvalue weighted by molar-refractivity contribution is -0.380. The smallest absolute Gasteiger partial charge is 0.245 e. The second-order valence-electron chi connectivity index (χ2n) is 6.86. The predicted molar refractivity (Wildman–Crippen MR) is 90.8 cm³/mol. The summed E-state index contributed by atoms with van der Waals surface area (Å²) in [6, 6.07) is 1.75. The quantitative estimate of drug-likeness (QED) is 0.163. The Balaban J connectivity index is 1.70. The van der Waals surface area contributed by atoms with Gasteiger partial charge in [0.1, 0.15) is 25.3 Å². The van der Waals surface area contributed by atoms with Crippen LogP contribution in [0.2, 0.25) is 0 Å². The third kappa shape index (κ3) is 2.23. The molecule has 13 heteroatoms. The van der Waals surface area contributed by atoms with E-state index in [1.807, 2.05) is 0 Å². The largest absolute Gasteiger partial charge is 0.389 e. The second kappa shape index (κ2) is 5.58. The molecule has 0 spiro atoms. The van der Waals surface area contributed by atoms with Gasteiger partial charge in [0.05, 0.1) is 24.4 Å². The van der Waals surface area contributed by atoms with Crippen molar-refractivity contribution >= 4 is 18.9 Å². The average molecular weight is 389 g/mol. The van der Waals surface area contributed by atoms with Gasteiger partial charge in [0.25, 0.3) is 0 Å². The van der Waals surface area contributed by atoms with Crippen molar-refractivity contribution in [1.29, 1.82) is 0 Å². The number of fused-ring (bicyclic) bond motifs is 1. The van der Waals surface area contributed by atoms with E-state index in [4.69, 9.17) is 7.85 Å². The summed E-state index contributed by atoms with van der Waals surface area (Å²) in [4.78, 5) is 11.2. The van der Waals surface area contributed by atoms with Gasteiger partial charge in [-0.05, 0) is 6.07 Å². The number of rotatable bonds is 3. The van der Waals surface area contributed by atoms with E-state index in [9.17, 15) is 35.7 Å². The lowest BCUT2D eigenvalue weighted by atomic mass is 9.72. The normalized spacial score (nSPS) is 28.0. The molecule has 2 unspecified atom stereocenters. The maximum absolute atomic E-state index is 10.1. The van der Waals surface area contributed by atoms with Crippen LogP contribution < -0.4 is 0 Å². The molecular weight excluding hydrogens is 373 g/mol. The highest BCUT2D eigenvalue weighted by Crippen LogP contribution is 2.51. The Morgan fingerprint density at radius 3 is 2.43 bits per heavy atom. The summed E-state index contributed by atoms with van der Waals surface area (Å²) in [5, 5.41) is 74.7. The van der Waals surface area contributed by atoms with E-state index in [-0.39, 0.29) is 0 Å². The molecule has 8 N–H and O–H groups in total. The maximum Gasteiger partial charge on any atom is 0.245 e. The molecular formula is C15H16BN5O7. The summed E-state index contributed by atoms with van der Waals surface area (Å²) in [6.07, 6.45) is 5.80. The SMILES string of the molecule is [B]C1(O)C(O)(O)C(Cn2cc(-c3ncnc4[nH]ccc34)cn2)C(O)(O)C1(O)O. The standard InChI is InChI=1S/C15H16BN5O7/c16-14(26)12(22,23)9(13(24,25)15(14,27)28)5-21-4-7(3-20-21)10-8-1-2-17-11(8)19-6-18-10/h1-4,6,9,22-28H,5H2,(H,17,18,19). The van der Waals surface area contributed by atoms with E-state index in [2.05, 4.69) is 20.1 Å². The number of nitrogens with one attached hydrogen (secondary N) is 1. The zero-order chi connectivity index (χ0) is 20.5. The van der Waals surface area contributed by atoms with Gasteiger partial charge in [-0.1, -0.05) is 0 Å². The van der Waals surface area contributed by atoms with Crippen LogP contribution in [0.5, 0.6) is 0 Å². The van der Waals surface area contributed by atoms with E-state index < -0.39 is 35.3 Å². The van der Waals surface area contributed by atoms with Crippen LogP contribution in [0, 0.1) is 5.92 Å². The summed E-state index contributed by atoms with van der Waals surface area (Å²) in [6.45, 7) is -0.649. The maximum atomic E-state index is 10.1. The average Bonchev–Trinajstić information content (AvgIpc) is 3.28. The topological polar surface area (TPSA) is 201 Å². The number of H-pyrrole nitrogens is 1. The highest BCUT2D eigenvalue weighted by atomic mass is 16.6. The Kier molecular flexibility index (Phi) is 3.77. The van der Waals surface area contributed by atoms with E-state index in [0.29, 0.717) is 22.3 Å². The first-order valence-electron chi connectivity index (χ1n) is 8.07. The molecule has 1 saturated carbocycles. The molecule has 3 aromatic heterocycles. The second-order valence-corrected chi connectivity index (χ2v) is 6.86. The summed E-state index contributed by atoms with van der Waals surface area (Å²) in [5.41, 5.74) is -1.97. The molecule has 3 heterocycles. The molecule has 28 heavy (non-hydrogen) atoms. The number of aliphatic hydroxyl groups is 7. The van der Waals surface area contributed by atoms with E-state index >= 15 is 0 Å². The molecule has 2 atom stereocenters. The molecule has 1 aliphatic rings. The summed E-state index contributed by atoms with van der Waals surface area (Å²) in [7, 11) is 5.19. The van der Waals surface area contributed by atoms with Crippen molar-refractivity contribution in [3.05, 3.63) is 31.0 Å². The number of aromatic amines is 1. The first-order valence-corrected chi connectivity index (χ1v) is 8.07. The van der Waals surface area contributed by atoms with Crippen molar-refractivity contribution < 1.29 is 35.7 Å². The first-order chi connectivity index (χ1) is 12.9. The Bertz CT molecular complexity index is 1020. The Hall–Kier alpha value is -2.39. The summed E-state index contributed by atoms with van der Waals surface area (Å²) >= 11 is 0. The minimum absolute atomic E-state index is 0.496.